The fraction of sp³-hybridized carbons (Fsp3) is 0.792. The van der Waals surface area contributed by atoms with Crippen LogP contribution >= 0.6 is 11.7 Å². The second-order valence-electron chi connectivity index (χ2n) is 8.58. The number of hydrogen-bond donors (Lipinski definition) is 0. The van der Waals surface area contributed by atoms with Gasteiger partial charge in [-0.1, -0.05) is 60.0 Å². The van der Waals surface area contributed by atoms with Gasteiger partial charge in [0.05, 0.1) is 31.9 Å². The summed E-state index contributed by atoms with van der Waals surface area (Å²) in [6.45, 7) is 18.2. The molecule has 0 bridgehead atoms. The minimum Gasteiger partial charge on any atom is -0.475 e. The van der Waals surface area contributed by atoms with Crippen LogP contribution in [0.15, 0.2) is 6.08 Å². The number of ether oxygens (including phenoxy) is 3. The normalized spacial score (nSPS) is 17.7. The molecule has 186 valence electrons. The molecule has 1 atom stereocenters. The number of nitrogens with zero attached hydrogens (tertiary/aromatic N) is 3. The van der Waals surface area contributed by atoms with Gasteiger partial charge >= 0.3 is 6.16 Å². The van der Waals surface area contributed by atoms with Crippen LogP contribution in [-0.2, 0) is 9.47 Å². The van der Waals surface area contributed by atoms with E-state index in [1.54, 1.807) is 0 Å². The maximum Gasteiger partial charge on any atom is 0.513 e. The number of quaternary nitrogens is 1. The van der Waals surface area contributed by atoms with Crippen LogP contribution in [0.5, 0.6) is 5.88 Å². The zero-order chi connectivity index (χ0) is 24.6. The lowest BCUT2D eigenvalue weighted by molar-refractivity contribution is -0.919. The van der Waals surface area contributed by atoms with E-state index in [1.165, 1.54) is 31.0 Å². The molecule has 7 nitrogen and oxygen atoms in total. The van der Waals surface area contributed by atoms with Gasteiger partial charge in [-0.3, -0.25) is 4.48 Å². The molecular weight excluding hydrogens is 426 g/mol. The Kier molecular flexibility index (Phi) is 15.2. The van der Waals surface area contributed by atoms with Crippen molar-refractivity contribution in [3.8, 4) is 5.88 Å². The topological polar surface area (TPSA) is 70.5 Å². The summed E-state index contributed by atoms with van der Waals surface area (Å²) in [6.07, 6.45) is 7.08. The Morgan fingerprint density at radius 2 is 1.81 bits per heavy atom. The van der Waals surface area contributed by atoms with E-state index < -0.39 is 11.8 Å². The monoisotopic (exact) mass is 472 g/mol. The highest BCUT2D eigenvalue weighted by molar-refractivity contribution is 6.99. The molecule has 0 aliphatic carbocycles. The van der Waals surface area contributed by atoms with Crippen LogP contribution in [0.4, 0.5) is 4.79 Å². The molecule has 0 fully saturated rings. The Labute approximate surface area is 200 Å². The number of carbonyl (C=O) groups is 1. The molecule has 1 aliphatic heterocycles. The van der Waals surface area contributed by atoms with Crippen LogP contribution in [-0.4, -0.2) is 58.5 Å². The summed E-state index contributed by atoms with van der Waals surface area (Å²) >= 11 is 1.17. The lowest BCUT2D eigenvalue weighted by Gasteiger charge is -2.36. The Balaban J connectivity index is 0.00000227. The van der Waals surface area contributed by atoms with Crippen molar-refractivity contribution in [1.82, 2.24) is 8.75 Å². The predicted octanol–water partition coefficient (Wildman–Crippen LogP) is 6.69. The molecule has 0 radical (unpaired) electrons. The van der Waals surface area contributed by atoms with Crippen LogP contribution in [0.3, 0.4) is 0 Å². The Morgan fingerprint density at radius 3 is 2.44 bits per heavy atom. The van der Waals surface area contributed by atoms with Crippen molar-refractivity contribution in [3.63, 3.8) is 0 Å². The van der Waals surface area contributed by atoms with E-state index in [4.69, 9.17) is 14.2 Å². The highest BCUT2D eigenvalue weighted by Gasteiger charge is 2.32. The summed E-state index contributed by atoms with van der Waals surface area (Å²) in [6, 6.07) is 0. The van der Waals surface area contributed by atoms with E-state index in [2.05, 4.69) is 28.8 Å². The number of aromatic nitrogens is 2. The van der Waals surface area contributed by atoms with Crippen molar-refractivity contribution in [2.45, 2.75) is 93.1 Å². The standard InChI is InChI=1S/C20H34N3O4S.2C2H6/c1-6-7-8-9-13-25-18-17(21-28-22-18)16-11-10-12-23(5,14-16)15-26-19(24)27-20(2,3)4;2*1-2/h11H,6-10,12-15H2,1-5H3;2*1-2H3/q+1;;. The molecule has 0 saturated heterocycles. The molecule has 0 N–H and O–H groups in total. The van der Waals surface area contributed by atoms with Gasteiger partial charge in [0.2, 0.25) is 6.73 Å². The predicted molar refractivity (Wildman–Crippen MR) is 133 cm³/mol. The molecule has 2 rings (SSSR count). The van der Waals surface area contributed by atoms with Gasteiger partial charge in [0, 0.05) is 12.0 Å². The van der Waals surface area contributed by atoms with E-state index in [9.17, 15) is 4.79 Å². The van der Waals surface area contributed by atoms with Gasteiger partial charge in [0.25, 0.3) is 5.88 Å². The van der Waals surface area contributed by atoms with E-state index in [-0.39, 0.29) is 6.73 Å². The van der Waals surface area contributed by atoms with Crippen LogP contribution in [0.2, 0.25) is 0 Å². The fourth-order valence-corrected chi connectivity index (χ4v) is 3.58. The van der Waals surface area contributed by atoms with Gasteiger partial charge < -0.3 is 14.2 Å². The highest BCUT2D eigenvalue weighted by Crippen LogP contribution is 2.30. The molecule has 0 saturated carbocycles. The van der Waals surface area contributed by atoms with Gasteiger partial charge in [-0.2, -0.15) is 4.37 Å². The van der Waals surface area contributed by atoms with Gasteiger partial charge in [0.1, 0.15) is 17.8 Å². The van der Waals surface area contributed by atoms with Crippen molar-refractivity contribution in [3.05, 3.63) is 11.8 Å². The smallest absolute Gasteiger partial charge is 0.475 e. The van der Waals surface area contributed by atoms with Gasteiger partial charge in [0.15, 0.2) is 0 Å². The quantitative estimate of drug-likeness (QED) is 0.226. The number of rotatable bonds is 9. The summed E-state index contributed by atoms with van der Waals surface area (Å²) in [5, 5.41) is 0. The van der Waals surface area contributed by atoms with Crippen LogP contribution in [0, 0.1) is 0 Å². The SMILES string of the molecule is CC.CC.CCCCCCOc1nsnc1C1=CCC[N+](C)(COC(=O)OC(C)(C)C)C1. The van der Waals surface area contributed by atoms with Crippen molar-refractivity contribution in [1.29, 1.82) is 0 Å². The van der Waals surface area contributed by atoms with Gasteiger partial charge in [-0.25, -0.2) is 4.79 Å². The molecule has 0 aromatic carbocycles. The van der Waals surface area contributed by atoms with Crippen molar-refractivity contribution in [2.75, 3.05) is 33.5 Å². The van der Waals surface area contributed by atoms with Crippen LogP contribution in [0.25, 0.3) is 5.57 Å². The molecule has 0 amide bonds. The van der Waals surface area contributed by atoms with Crippen molar-refractivity contribution in [2.24, 2.45) is 0 Å². The second-order valence-corrected chi connectivity index (χ2v) is 9.11. The van der Waals surface area contributed by atoms with E-state index >= 15 is 0 Å². The summed E-state index contributed by atoms with van der Waals surface area (Å²) in [5.41, 5.74) is 1.36. The molecule has 1 aliphatic rings. The molecule has 1 unspecified atom stereocenters. The Bertz CT molecular complexity index is 670. The minimum atomic E-state index is -0.630. The van der Waals surface area contributed by atoms with E-state index in [1.807, 2.05) is 48.5 Å². The van der Waals surface area contributed by atoms with Crippen molar-refractivity contribution < 1.29 is 23.5 Å². The molecular formula is C24H46N3O4S+. The first-order valence-electron chi connectivity index (χ1n) is 12.1. The molecule has 0 spiro atoms. The Hall–Kier alpha value is -1.67. The first-order valence-corrected chi connectivity index (χ1v) is 12.8. The largest absolute Gasteiger partial charge is 0.513 e. The zero-order valence-corrected chi connectivity index (χ0v) is 22.6. The van der Waals surface area contributed by atoms with E-state index in [0.717, 1.165) is 30.7 Å². The lowest BCUT2D eigenvalue weighted by Crippen LogP contribution is -2.49. The summed E-state index contributed by atoms with van der Waals surface area (Å²) < 4.78 is 25.9. The van der Waals surface area contributed by atoms with Gasteiger partial charge in [-0.15, -0.1) is 4.37 Å². The van der Waals surface area contributed by atoms with Crippen LogP contribution < -0.4 is 4.74 Å². The minimum absolute atomic E-state index is 0.261. The average Bonchev–Trinajstić information content (AvgIpc) is 3.23. The highest BCUT2D eigenvalue weighted by atomic mass is 32.1. The maximum atomic E-state index is 11.9. The average molecular weight is 473 g/mol. The third-order valence-electron chi connectivity index (χ3n) is 4.49. The summed E-state index contributed by atoms with van der Waals surface area (Å²) in [5.74, 6) is 0.620. The van der Waals surface area contributed by atoms with Crippen LogP contribution in [0.1, 0.15) is 93.2 Å². The molecule has 8 heteroatoms. The number of hydrogen-bond acceptors (Lipinski definition) is 7. The first-order chi connectivity index (χ1) is 15.2. The number of likely N-dealkylation sites (N-methyl/N-ethyl adjacent to an activating group) is 1. The molecule has 2 heterocycles. The molecule has 1 aromatic heterocycles. The maximum absolute atomic E-state index is 11.9. The lowest BCUT2D eigenvalue weighted by atomic mass is 10.1. The summed E-state index contributed by atoms with van der Waals surface area (Å²) in [4.78, 5) is 11.9. The number of carbonyl (C=O) groups excluding carboxylic acids is 1. The fourth-order valence-electron chi connectivity index (χ4n) is 3.04. The Morgan fingerprint density at radius 1 is 1.12 bits per heavy atom. The first kappa shape index (κ1) is 30.3. The number of unbranched alkanes of at least 4 members (excludes halogenated alkanes) is 3. The third kappa shape index (κ3) is 11.8. The molecule has 1 aromatic rings. The summed E-state index contributed by atoms with van der Waals surface area (Å²) in [7, 11) is 2.07. The molecule has 32 heavy (non-hydrogen) atoms. The third-order valence-corrected chi connectivity index (χ3v) is 5.01. The zero-order valence-electron chi connectivity index (χ0n) is 21.8. The second kappa shape index (κ2) is 16.0. The van der Waals surface area contributed by atoms with E-state index in [0.29, 0.717) is 23.5 Å². The van der Waals surface area contributed by atoms with Gasteiger partial charge in [-0.05, 0) is 27.2 Å². The van der Waals surface area contributed by atoms with Crippen molar-refractivity contribution >= 4 is 23.5 Å².